The molecule has 2 aromatic carbocycles. The molecule has 0 radical (unpaired) electrons. The number of carbonyl (C=O) groups excluding carboxylic acids is 2. The Morgan fingerprint density at radius 1 is 0.958 bits per heavy atom. The van der Waals surface area contributed by atoms with E-state index in [2.05, 4.69) is 4.74 Å². The number of ketones is 1. The molecule has 0 unspecified atom stereocenters. The lowest BCUT2D eigenvalue weighted by atomic mass is 10.1. The summed E-state index contributed by atoms with van der Waals surface area (Å²) in [4.78, 5) is 24.0. The van der Waals surface area contributed by atoms with Crippen LogP contribution < -0.4 is 9.47 Å². The predicted molar refractivity (Wildman–Crippen MR) is 90.7 cm³/mol. The highest BCUT2D eigenvalue weighted by Gasteiger charge is 2.11. The van der Waals surface area contributed by atoms with Gasteiger partial charge in [-0.25, -0.2) is 4.79 Å². The maximum atomic E-state index is 12.4. The minimum atomic E-state index is -0.425. The maximum absolute atomic E-state index is 12.4. The number of allylic oxidation sites excluding steroid dienone is 1. The van der Waals surface area contributed by atoms with Crippen LogP contribution in [0.5, 0.6) is 11.5 Å². The number of ether oxygens (including phenoxy) is 3. The predicted octanol–water partition coefficient (Wildman–Crippen LogP) is 3.39. The van der Waals surface area contributed by atoms with Crippen molar-refractivity contribution >= 4 is 17.8 Å². The highest BCUT2D eigenvalue weighted by atomic mass is 16.5. The van der Waals surface area contributed by atoms with E-state index in [0.29, 0.717) is 28.2 Å². The van der Waals surface area contributed by atoms with Gasteiger partial charge in [-0.3, -0.25) is 4.79 Å². The molecule has 0 aromatic heterocycles. The highest BCUT2D eigenvalue weighted by molar-refractivity contribution is 6.09. The summed E-state index contributed by atoms with van der Waals surface area (Å²) in [5.41, 5.74) is 1.54. The number of benzene rings is 2. The van der Waals surface area contributed by atoms with Crippen LogP contribution in [-0.4, -0.2) is 33.1 Å². The van der Waals surface area contributed by atoms with Crippen molar-refractivity contribution in [1.82, 2.24) is 0 Å². The lowest BCUT2D eigenvalue weighted by molar-refractivity contribution is 0.0600. The van der Waals surface area contributed by atoms with Gasteiger partial charge in [0.25, 0.3) is 0 Å². The van der Waals surface area contributed by atoms with Gasteiger partial charge in [-0.2, -0.15) is 0 Å². The zero-order chi connectivity index (χ0) is 17.5. The zero-order valence-corrected chi connectivity index (χ0v) is 13.7. The number of hydrogen-bond acceptors (Lipinski definition) is 5. The average molecular weight is 326 g/mol. The first kappa shape index (κ1) is 17.3. The summed E-state index contributed by atoms with van der Waals surface area (Å²) in [6.45, 7) is 0. The van der Waals surface area contributed by atoms with Crippen molar-refractivity contribution in [3.63, 3.8) is 0 Å². The Labute approximate surface area is 140 Å². The highest BCUT2D eigenvalue weighted by Crippen LogP contribution is 2.25. The van der Waals surface area contributed by atoms with E-state index in [1.165, 1.54) is 27.4 Å². The standard InChI is InChI=1S/C19H18O5/c1-22-15-8-10-18(23-2)16(12-15)17(20)9-7-13-5-4-6-14(11-13)19(21)24-3/h4-12H,1-3H3. The molecule has 0 spiro atoms. The van der Waals surface area contributed by atoms with Crippen LogP contribution in [0, 0.1) is 0 Å². The largest absolute Gasteiger partial charge is 0.497 e. The van der Waals surface area contributed by atoms with Crippen LogP contribution in [0.3, 0.4) is 0 Å². The molecule has 0 fully saturated rings. The van der Waals surface area contributed by atoms with E-state index < -0.39 is 5.97 Å². The third-order valence-corrected chi connectivity index (χ3v) is 3.41. The molecule has 5 nitrogen and oxygen atoms in total. The van der Waals surface area contributed by atoms with Gasteiger partial charge >= 0.3 is 5.97 Å². The smallest absolute Gasteiger partial charge is 0.337 e. The Kier molecular flexibility index (Phi) is 5.73. The molecule has 0 aliphatic rings. The molecule has 0 N–H and O–H groups in total. The number of rotatable bonds is 6. The van der Waals surface area contributed by atoms with Crippen molar-refractivity contribution in [1.29, 1.82) is 0 Å². The summed E-state index contributed by atoms with van der Waals surface area (Å²) in [5.74, 6) is 0.384. The van der Waals surface area contributed by atoms with Crippen LogP contribution in [0.4, 0.5) is 0 Å². The van der Waals surface area contributed by atoms with E-state index >= 15 is 0 Å². The Hall–Kier alpha value is -3.08. The van der Waals surface area contributed by atoms with E-state index in [0.717, 1.165) is 0 Å². The van der Waals surface area contributed by atoms with Gasteiger partial charge in [0.15, 0.2) is 5.78 Å². The molecule has 0 atom stereocenters. The molecule has 0 bridgehead atoms. The van der Waals surface area contributed by atoms with Crippen molar-refractivity contribution in [2.24, 2.45) is 0 Å². The van der Waals surface area contributed by atoms with Gasteiger partial charge in [0, 0.05) is 0 Å². The van der Waals surface area contributed by atoms with Crippen molar-refractivity contribution in [2.75, 3.05) is 21.3 Å². The summed E-state index contributed by atoms with van der Waals surface area (Å²) in [6, 6.07) is 11.8. The second kappa shape index (κ2) is 7.97. The van der Waals surface area contributed by atoms with E-state index in [4.69, 9.17) is 9.47 Å². The first-order valence-electron chi connectivity index (χ1n) is 7.22. The van der Waals surface area contributed by atoms with Crippen LogP contribution in [0.25, 0.3) is 6.08 Å². The molecule has 124 valence electrons. The maximum Gasteiger partial charge on any atom is 0.337 e. The van der Waals surface area contributed by atoms with Gasteiger partial charge in [-0.1, -0.05) is 18.2 Å². The van der Waals surface area contributed by atoms with Crippen LogP contribution >= 0.6 is 0 Å². The fourth-order valence-corrected chi connectivity index (χ4v) is 2.16. The van der Waals surface area contributed by atoms with E-state index in [1.54, 1.807) is 48.5 Å². The molecule has 24 heavy (non-hydrogen) atoms. The summed E-state index contributed by atoms with van der Waals surface area (Å²) in [6.07, 6.45) is 3.06. The van der Waals surface area contributed by atoms with Crippen LogP contribution in [0.2, 0.25) is 0 Å². The second-order valence-corrected chi connectivity index (χ2v) is 4.88. The van der Waals surface area contributed by atoms with Gasteiger partial charge in [-0.15, -0.1) is 0 Å². The lowest BCUT2D eigenvalue weighted by Crippen LogP contribution is -2.01. The van der Waals surface area contributed by atoms with Gasteiger partial charge in [0.05, 0.1) is 32.5 Å². The summed E-state index contributed by atoms with van der Waals surface area (Å²) in [7, 11) is 4.36. The van der Waals surface area contributed by atoms with Crippen molar-refractivity contribution in [2.45, 2.75) is 0 Å². The normalized spacial score (nSPS) is 10.5. The van der Waals surface area contributed by atoms with Gasteiger partial charge in [0.1, 0.15) is 11.5 Å². The monoisotopic (exact) mass is 326 g/mol. The Morgan fingerprint density at radius 3 is 2.42 bits per heavy atom. The zero-order valence-electron chi connectivity index (χ0n) is 13.7. The molecule has 2 aromatic rings. The SMILES string of the molecule is COC(=O)c1cccc(C=CC(=O)c2cc(OC)ccc2OC)c1. The number of esters is 1. The van der Waals surface area contributed by atoms with E-state index in [9.17, 15) is 9.59 Å². The molecule has 0 saturated carbocycles. The Balaban J connectivity index is 2.26. The Morgan fingerprint density at radius 2 is 1.75 bits per heavy atom. The number of carbonyl (C=O) groups is 2. The third-order valence-electron chi connectivity index (χ3n) is 3.41. The van der Waals surface area contributed by atoms with Gasteiger partial charge in [-0.05, 0) is 42.0 Å². The van der Waals surface area contributed by atoms with Crippen LogP contribution in [0.1, 0.15) is 26.3 Å². The van der Waals surface area contributed by atoms with Crippen LogP contribution in [0.15, 0.2) is 48.5 Å². The van der Waals surface area contributed by atoms with Crippen molar-refractivity contribution in [3.8, 4) is 11.5 Å². The number of hydrogen-bond donors (Lipinski definition) is 0. The Bertz CT molecular complexity index is 777. The third kappa shape index (κ3) is 4.01. The summed E-state index contributed by atoms with van der Waals surface area (Å²) >= 11 is 0. The van der Waals surface area contributed by atoms with E-state index in [-0.39, 0.29) is 5.78 Å². The van der Waals surface area contributed by atoms with Crippen molar-refractivity contribution < 1.29 is 23.8 Å². The topological polar surface area (TPSA) is 61.8 Å². The summed E-state index contributed by atoms with van der Waals surface area (Å²) in [5, 5.41) is 0. The molecule has 0 heterocycles. The molecule has 5 heteroatoms. The molecule has 0 aliphatic heterocycles. The van der Waals surface area contributed by atoms with Crippen LogP contribution in [-0.2, 0) is 4.74 Å². The average Bonchev–Trinajstić information content (AvgIpc) is 2.65. The van der Waals surface area contributed by atoms with Crippen molar-refractivity contribution in [3.05, 3.63) is 65.2 Å². The fourth-order valence-electron chi connectivity index (χ4n) is 2.16. The molecule has 0 amide bonds. The molecular weight excluding hydrogens is 308 g/mol. The fraction of sp³-hybridized carbons (Fsp3) is 0.158. The first-order valence-corrected chi connectivity index (χ1v) is 7.22. The van der Waals surface area contributed by atoms with Gasteiger partial charge < -0.3 is 14.2 Å². The molecule has 0 saturated heterocycles. The van der Waals surface area contributed by atoms with Gasteiger partial charge in [0.2, 0.25) is 0 Å². The summed E-state index contributed by atoms with van der Waals surface area (Å²) < 4.78 is 15.0. The minimum Gasteiger partial charge on any atom is -0.497 e. The first-order chi connectivity index (χ1) is 11.6. The lowest BCUT2D eigenvalue weighted by Gasteiger charge is -2.07. The quantitative estimate of drug-likeness (QED) is 0.462. The number of methoxy groups -OCH3 is 3. The second-order valence-electron chi connectivity index (χ2n) is 4.88. The molecule has 0 aliphatic carbocycles. The molecule has 2 rings (SSSR count). The van der Waals surface area contributed by atoms with E-state index in [1.807, 2.05) is 0 Å². The molecular formula is C19H18O5. The minimum absolute atomic E-state index is 0.228.